The van der Waals surface area contributed by atoms with Gasteiger partial charge in [0.25, 0.3) is 0 Å². The number of hydrogen-bond donors (Lipinski definition) is 2. The summed E-state index contributed by atoms with van der Waals surface area (Å²) in [5, 5.41) is 3.60. The number of carbonyl (C=O) groups is 1. The van der Waals surface area contributed by atoms with Crippen LogP contribution in [0.1, 0.15) is 45.1 Å². The van der Waals surface area contributed by atoms with Crippen LogP contribution in [0.4, 0.5) is 5.69 Å². The molecule has 0 spiro atoms. The molecule has 104 valence electrons. The Morgan fingerprint density at radius 3 is 2.63 bits per heavy atom. The Hall–Kier alpha value is -1.51. The highest BCUT2D eigenvalue weighted by Crippen LogP contribution is 2.36. The third kappa shape index (κ3) is 4.27. The van der Waals surface area contributed by atoms with Gasteiger partial charge in [0.1, 0.15) is 0 Å². The van der Waals surface area contributed by atoms with Gasteiger partial charge in [0, 0.05) is 11.7 Å². The predicted octanol–water partition coefficient (Wildman–Crippen LogP) is 3.10. The number of anilines is 1. The molecule has 3 nitrogen and oxygen atoms in total. The minimum atomic E-state index is -0.283. The van der Waals surface area contributed by atoms with E-state index in [4.69, 9.17) is 5.73 Å². The molecule has 3 heteroatoms. The van der Waals surface area contributed by atoms with E-state index in [2.05, 4.69) is 19.2 Å². The minimum Gasteiger partial charge on any atom is -0.382 e. The van der Waals surface area contributed by atoms with Gasteiger partial charge in [0.05, 0.1) is 6.42 Å². The smallest absolute Gasteiger partial charge is 0.221 e. The van der Waals surface area contributed by atoms with Crippen LogP contribution in [-0.2, 0) is 11.2 Å². The molecule has 1 aromatic rings. The summed E-state index contributed by atoms with van der Waals surface area (Å²) in [4.78, 5) is 10.8. The first-order valence-electron chi connectivity index (χ1n) is 7.08. The summed E-state index contributed by atoms with van der Waals surface area (Å²) in [6, 6.07) is 8.59. The summed E-state index contributed by atoms with van der Waals surface area (Å²) >= 11 is 0. The van der Waals surface area contributed by atoms with E-state index >= 15 is 0 Å². The maximum atomic E-state index is 10.8. The number of primary amides is 1. The monoisotopic (exact) mass is 260 g/mol. The number of carbonyl (C=O) groups excluding carboxylic acids is 1. The molecular weight excluding hydrogens is 236 g/mol. The second-order valence-electron chi connectivity index (χ2n) is 6.44. The topological polar surface area (TPSA) is 55.1 Å². The average molecular weight is 260 g/mol. The molecule has 0 aliphatic heterocycles. The van der Waals surface area contributed by atoms with Crippen molar-refractivity contribution in [1.29, 1.82) is 0 Å². The van der Waals surface area contributed by atoms with Gasteiger partial charge >= 0.3 is 0 Å². The van der Waals surface area contributed by atoms with Crippen LogP contribution in [0.5, 0.6) is 0 Å². The zero-order valence-electron chi connectivity index (χ0n) is 11.9. The minimum absolute atomic E-state index is 0.283. The summed E-state index contributed by atoms with van der Waals surface area (Å²) in [7, 11) is 0. The molecular formula is C16H24N2O. The number of amides is 1. The van der Waals surface area contributed by atoms with Crippen LogP contribution in [0.15, 0.2) is 24.3 Å². The molecule has 1 fully saturated rings. The van der Waals surface area contributed by atoms with Crippen molar-refractivity contribution in [1.82, 2.24) is 0 Å². The molecule has 0 bridgehead atoms. The first-order chi connectivity index (χ1) is 8.94. The zero-order chi connectivity index (χ0) is 13.9. The van der Waals surface area contributed by atoms with Gasteiger partial charge in [-0.1, -0.05) is 32.4 Å². The van der Waals surface area contributed by atoms with Crippen molar-refractivity contribution in [2.45, 2.75) is 52.0 Å². The number of hydrogen-bond acceptors (Lipinski definition) is 2. The fraction of sp³-hybridized carbons (Fsp3) is 0.562. The van der Waals surface area contributed by atoms with Crippen molar-refractivity contribution in [2.75, 3.05) is 5.32 Å². The van der Waals surface area contributed by atoms with Crippen molar-refractivity contribution >= 4 is 11.6 Å². The average Bonchev–Trinajstić information content (AvgIpc) is 2.30. The van der Waals surface area contributed by atoms with E-state index in [1.165, 1.54) is 25.7 Å². The van der Waals surface area contributed by atoms with Gasteiger partial charge in [0.2, 0.25) is 5.91 Å². The van der Waals surface area contributed by atoms with Crippen molar-refractivity contribution in [3.05, 3.63) is 29.8 Å². The molecule has 0 aromatic heterocycles. The largest absolute Gasteiger partial charge is 0.382 e. The normalized spacial score (nSPS) is 21.9. The number of nitrogens with two attached hydrogens (primary N) is 1. The molecule has 1 aromatic carbocycles. The van der Waals surface area contributed by atoms with Gasteiger partial charge in [-0.05, 0) is 42.4 Å². The molecule has 1 saturated carbocycles. The molecule has 0 radical (unpaired) electrons. The molecule has 0 saturated heterocycles. The molecule has 0 heterocycles. The quantitative estimate of drug-likeness (QED) is 0.874. The second kappa shape index (κ2) is 5.64. The lowest BCUT2D eigenvalue weighted by molar-refractivity contribution is -0.117. The molecule has 1 aliphatic carbocycles. The van der Waals surface area contributed by atoms with E-state index in [9.17, 15) is 4.79 Å². The van der Waals surface area contributed by atoms with E-state index in [1.807, 2.05) is 24.3 Å². The first kappa shape index (κ1) is 13.9. The van der Waals surface area contributed by atoms with Crippen LogP contribution in [0, 0.1) is 5.41 Å². The Bertz CT molecular complexity index is 437. The van der Waals surface area contributed by atoms with Gasteiger partial charge in [-0.2, -0.15) is 0 Å². The Morgan fingerprint density at radius 2 is 2.05 bits per heavy atom. The molecule has 1 aliphatic rings. The summed E-state index contributed by atoms with van der Waals surface area (Å²) < 4.78 is 0. The molecule has 1 unspecified atom stereocenters. The van der Waals surface area contributed by atoms with Gasteiger partial charge in [-0.3, -0.25) is 4.79 Å². The van der Waals surface area contributed by atoms with Crippen LogP contribution >= 0.6 is 0 Å². The van der Waals surface area contributed by atoms with Crippen LogP contribution < -0.4 is 11.1 Å². The van der Waals surface area contributed by atoms with E-state index in [-0.39, 0.29) is 5.91 Å². The number of rotatable bonds is 4. The Balaban J connectivity index is 1.94. The SMILES string of the molecule is CC1(C)CCCC(Nc2ccc(CC(N)=O)cc2)C1. The van der Waals surface area contributed by atoms with Crippen LogP contribution in [0.2, 0.25) is 0 Å². The Morgan fingerprint density at radius 1 is 1.37 bits per heavy atom. The highest BCUT2D eigenvalue weighted by molar-refractivity contribution is 5.76. The van der Waals surface area contributed by atoms with Gasteiger partial charge < -0.3 is 11.1 Å². The maximum Gasteiger partial charge on any atom is 0.221 e. The molecule has 19 heavy (non-hydrogen) atoms. The van der Waals surface area contributed by atoms with Gasteiger partial charge in [-0.25, -0.2) is 0 Å². The van der Waals surface area contributed by atoms with Gasteiger partial charge in [0.15, 0.2) is 0 Å². The van der Waals surface area contributed by atoms with E-state index in [0.29, 0.717) is 17.9 Å². The molecule has 2 rings (SSSR count). The highest BCUT2D eigenvalue weighted by atomic mass is 16.1. The van der Waals surface area contributed by atoms with E-state index in [0.717, 1.165) is 11.3 Å². The van der Waals surface area contributed by atoms with Crippen molar-refractivity contribution in [3.8, 4) is 0 Å². The standard InChI is InChI=1S/C16H24N2O/c1-16(2)9-3-4-14(11-16)18-13-7-5-12(6-8-13)10-15(17)19/h5-8,14,18H,3-4,9-11H2,1-2H3,(H2,17,19). The number of nitrogens with one attached hydrogen (secondary N) is 1. The molecule has 1 amide bonds. The third-order valence-corrected chi connectivity index (χ3v) is 3.91. The van der Waals surface area contributed by atoms with E-state index < -0.39 is 0 Å². The summed E-state index contributed by atoms with van der Waals surface area (Å²) in [5.74, 6) is -0.283. The Kier molecular flexibility index (Phi) is 4.13. The van der Waals surface area contributed by atoms with Crippen molar-refractivity contribution in [2.24, 2.45) is 11.1 Å². The molecule has 3 N–H and O–H groups in total. The third-order valence-electron chi connectivity index (χ3n) is 3.91. The zero-order valence-corrected chi connectivity index (χ0v) is 11.9. The Labute approximate surface area is 115 Å². The lowest BCUT2D eigenvalue weighted by Crippen LogP contribution is -2.31. The lowest BCUT2D eigenvalue weighted by atomic mass is 9.75. The lowest BCUT2D eigenvalue weighted by Gasteiger charge is -2.36. The van der Waals surface area contributed by atoms with Crippen LogP contribution in [0.25, 0.3) is 0 Å². The molecule has 1 atom stereocenters. The van der Waals surface area contributed by atoms with Crippen LogP contribution in [0.3, 0.4) is 0 Å². The summed E-state index contributed by atoms with van der Waals surface area (Å²) in [6.45, 7) is 4.69. The van der Waals surface area contributed by atoms with E-state index in [1.54, 1.807) is 0 Å². The fourth-order valence-corrected chi connectivity index (χ4v) is 2.98. The predicted molar refractivity (Wildman–Crippen MR) is 79.0 cm³/mol. The van der Waals surface area contributed by atoms with Gasteiger partial charge in [-0.15, -0.1) is 0 Å². The van der Waals surface area contributed by atoms with Crippen molar-refractivity contribution in [3.63, 3.8) is 0 Å². The van der Waals surface area contributed by atoms with Crippen LogP contribution in [-0.4, -0.2) is 11.9 Å². The summed E-state index contributed by atoms with van der Waals surface area (Å²) in [6.07, 6.45) is 5.40. The fourth-order valence-electron chi connectivity index (χ4n) is 2.98. The van der Waals surface area contributed by atoms with Crippen molar-refractivity contribution < 1.29 is 4.79 Å². The summed E-state index contributed by atoms with van der Waals surface area (Å²) in [5.41, 5.74) is 7.74. The number of benzene rings is 1. The second-order valence-corrected chi connectivity index (χ2v) is 6.44. The maximum absolute atomic E-state index is 10.8. The highest BCUT2D eigenvalue weighted by Gasteiger charge is 2.27. The first-order valence-corrected chi connectivity index (χ1v) is 7.08.